The zero-order valence-corrected chi connectivity index (χ0v) is 16.0. The number of carbonyl (C=O) groups excluding carboxylic acids is 1. The lowest BCUT2D eigenvalue weighted by Crippen LogP contribution is -2.37. The van der Waals surface area contributed by atoms with Crippen molar-refractivity contribution in [1.29, 1.82) is 0 Å². The number of amides is 1. The van der Waals surface area contributed by atoms with Gasteiger partial charge in [-0.2, -0.15) is 0 Å². The van der Waals surface area contributed by atoms with Crippen molar-refractivity contribution in [3.8, 4) is 5.75 Å². The fourth-order valence-corrected chi connectivity index (χ4v) is 2.81. The van der Waals surface area contributed by atoms with E-state index >= 15 is 0 Å². The minimum absolute atomic E-state index is 0.0283. The molecule has 2 rings (SSSR count). The Labute approximate surface area is 154 Å². The lowest BCUT2D eigenvalue weighted by atomic mass is 9.85. The van der Waals surface area contributed by atoms with Gasteiger partial charge >= 0.3 is 6.09 Å². The lowest BCUT2D eigenvalue weighted by molar-refractivity contribution is 0.101. The highest BCUT2D eigenvalue weighted by atomic mass is 16.6. The van der Waals surface area contributed by atoms with Crippen LogP contribution in [0.4, 0.5) is 4.79 Å². The summed E-state index contributed by atoms with van der Waals surface area (Å²) in [4.78, 5) is 18.2. The van der Waals surface area contributed by atoms with Gasteiger partial charge in [0.2, 0.25) is 0 Å². The monoisotopic (exact) mass is 363 g/mol. The van der Waals surface area contributed by atoms with Gasteiger partial charge in [0.15, 0.2) is 0 Å². The summed E-state index contributed by atoms with van der Waals surface area (Å²) in [6.45, 7) is 2.52. The molecule has 26 heavy (non-hydrogen) atoms. The molecule has 0 spiro atoms. The van der Waals surface area contributed by atoms with Crippen molar-refractivity contribution in [1.82, 2.24) is 14.9 Å². The molecule has 0 bridgehead atoms. The summed E-state index contributed by atoms with van der Waals surface area (Å²) in [6, 6.07) is 3.53. The van der Waals surface area contributed by atoms with Crippen molar-refractivity contribution in [2.75, 3.05) is 34.4 Å². The number of nitrogens with two attached hydrogens (primary N) is 2. The molecule has 1 amide bonds. The standard InChI is InChI=1S/C18H29N5O3/c1-12-16(25-4)9-8-14(21-12)17(19)15(23(3)20)11-26-18(24)22(2)10-13-6-5-7-13/h8-9,13H,5-7,10-11,19-20H2,1-4H3/b17-15-. The van der Waals surface area contributed by atoms with Crippen molar-refractivity contribution in [3.05, 3.63) is 29.2 Å². The number of ether oxygens (including phenoxy) is 2. The number of rotatable bonds is 7. The predicted octanol–water partition coefficient (Wildman–Crippen LogP) is 1.70. The molecule has 1 aliphatic rings. The molecule has 1 aliphatic carbocycles. The molecular weight excluding hydrogens is 334 g/mol. The van der Waals surface area contributed by atoms with Crippen molar-refractivity contribution >= 4 is 11.8 Å². The van der Waals surface area contributed by atoms with Crippen LogP contribution < -0.4 is 16.3 Å². The number of hydrogen-bond donors (Lipinski definition) is 2. The molecule has 8 nitrogen and oxygen atoms in total. The summed E-state index contributed by atoms with van der Waals surface area (Å²) in [5.74, 6) is 7.14. The van der Waals surface area contributed by atoms with Gasteiger partial charge in [0.05, 0.1) is 29.9 Å². The number of hydrogen-bond acceptors (Lipinski definition) is 7. The van der Waals surface area contributed by atoms with Gasteiger partial charge in [0, 0.05) is 20.6 Å². The average Bonchev–Trinajstić information content (AvgIpc) is 2.57. The van der Waals surface area contributed by atoms with Crippen LogP contribution in [-0.2, 0) is 4.74 Å². The number of pyridine rings is 1. The minimum Gasteiger partial charge on any atom is -0.495 e. The molecule has 8 heteroatoms. The summed E-state index contributed by atoms with van der Waals surface area (Å²) in [7, 11) is 4.97. The Kier molecular flexibility index (Phi) is 6.68. The molecular formula is C18H29N5O3. The lowest BCUT2D eigenvalue weighted by Gasteiger charge is -2.30. The molecule has 1 saturated carbocycles. The van der Waals surface area contributed by atoms with Gasteiger partial charge in [-0.3, -0.25) is 0 Å². The van der Waals surface area contributed by atoms with E-state index in [1.165, 1.54) is 24.3 Å². The Morgan fingerprint density at radius 2 is 2.04 bits per heavy atom. The van der Waals surface area contributed by atoms with Gasteiger partial charge in [-0.25, -0.2) is 15.6 Å². The summed E-state index contributed by atoms with van der Waals surface area (Å²) in [5, 5.41) is 1.34. The van der Waals surface area contributed by atoms with Crippen LogP contribution in [0.1, 0.15) is 30.7 Å². The quantitative estimate of drug-likeness (QED) is 0.561. The van der Waals surface area contributed by atoms with Crippen LogP contribution in [0.2, 0.25) is 0 Å². The third-order valence-electron chi connectivity index (χ3n) is 4.67. The van der Waals surface area contributed by atoms with Crippen molar-refractivity contribution < 1.29 is 14.3 Å². The number of likely N-dealkylation sites (N-methyl/N-ethyl adjacent to an activating group) is 1. The van der Waals surface area contributed by atoms with Gasteiger partial charge in [-0.15, -0.1) is 0 Å². The molecule has 1 fully saturated rings. The maximum absolute atomic E-state index is 12.2. The molecule has 0 unspecified atom stereocenters. The maximum Gasteiger partial charge on any atom is 0.409 e. The van der Waals surface area contributed by atoms with E-state index in [1.807, 2.05) is 6.92 Å². The molecule has 0 saturated heterocycles. The summed E-state index contributed by atoms with van der Waals surface area (Å²) >= 11 is 0. The number of hydrazine groups is 1. The molecule has 0 aliphatic heterocycles. The topological polar surface area (TPSA) is 107 Å². The second kappa shape index (κ2) is 8.75. The normalized spacial score (nSPS) is 15.0. The van der Waals surface area contributed by atoms with Crippen LogP contribution in [0, 0.1) is 12.8 Å². The van der Waals surface area contributed by atoms with Crippen LogP contribution in [0.5, 0.6) is 5.75 Å². The molecule has 0 aromatic carbocycles. The average molecular weight is 363 g/mol. The molecule has 4 N–H and O–H groups in total. The smallest absolute Gasteiger partial charge is 0.409 e. The van der Waals surface area contributed by atoms with E-state index in [9.17, 15) is 4.79 Å². The molecule has 1 heterocycles. The molecule has 0 atom stereocenters. The minimum atomic E-state index is -0.386. The number of aryl methyl sites for hydroxylation is 1. The van der Waals surface area contributed by atoms with Crippen LogP contribution in [-0.4, -0.2) is 55.3 Å². The van der Waals surface area contributed by atoms with Crippen LogP contribution in [0.15, 0.2) is 17.8 Å². The number of methoxy groups -OCH3 is 1. The van der Waals surface area contributed by atoms with Gasteiger partial charge in [0.1, 0.15) is 12.4 Å². The van der Waals surface area contributed by atoms with Crippen molar-refractivity contribution in [2.45, 2.75) is 26.2 Å². The number of aromatic nitrogens is 1. The van der Waals surface area contributed by atoms with Crippen LogP contribution >= 0.6 is 0 Å². The molecule has 1 aromatic rings. The summed E-state index contributed by atoms with van der Waals surface area (Å²) in [6.07, 6.45) is 3.19. The summed E-state index contributed by atoms with van der Waals surface area (Å²) in [5.41, 5.74) is 8.32. The Balaban J connectivity index is 2.07. The Morgan fingerprint density at radius 1 is 1.35 bits per heavy atom. The summed E-state index contributed by atoms with van der Waals surface area (Å²) < 4.78 is 10.6. The van der Waals surface area contributed by atoms with E-state index in [4.69, 9.17) is 21.1 Å². The Bertz CT molecular complexity index is 671. The SMILES string of the molecule is COc1ccc(/C(N)=C(\COC(=O)N(C)CC2CCC2)N(C)N)nc1C. The molecule has 0 radical (unpaired) electrons. The highest BCUT2D eigenvalue weighted by Crippen LogP contribution is 2.27. The van der Waals surface area contributed by atoms with E-state index in [-0.39, 0.29) is 12.7 Å². The zero-order valence-electron chi connectivity index (χ0n) is 16.0. The fourth-order valence-electron chi connectivity index (χ4n) is 2.81. The fraction of sp³-hybridized carbons (Fsp3) is 0.556. The molecule has 1 aromatic heterocycles. The first-order chi connectivity index (χ1) is 12.3. The van der Waals surface area contributed by atoms with Crippen LogP contribution in [0.3, 0.4) is 0 Å². The van der Waals surface area contributed by atoms with E-state index in [1.54, 1.807) is 38.2 Å². The predicted molar refractivity (Wildman–Crippen MR) is 99.9 cm³/mol. The first-order valence-corrected chi connectivity index (χ1v) is 8.70. The Morgan fingerprint density at radius 3 is 2.54 bits per heavy atom. The third kappa shape index (κ3) is 4.78. The van der Waals surface area contributed by atoms with Gasteiger partial charge < -0.3 is 25.1 Å². The van der Waals surface area contributed by atoms with E-state index in [0.717, 1.165) is 0 Å². The van der Waals surface area contributed by atoms with Crippen molar-refractivity contribution in [3.63, 3.8) is 0 Å². The van der Waals surface area contributed by atoms with Gasteiger partial charge in [0.25, 0.3) is 0 Å². The van der Waals surface area contributed by atoms with Crippen molar-refractivity contribution in [2.24, 2.45) is 17.5 Å². The van der Waals surface area contributed by atoms with Crippen LogP contribution in [0.25, 0.3) is 5.70 Å². The first-order valence-electron chi connectivity index (χ1n) is 8.70. The van der Waals surface area contributed by atoms with E-state index < -0.39 is 0 Å². The highest BCUT2D eigenvalue weighted by Gasteiger charge is 2.22. The highest BCUT2D eigenvalue weighted by molar-refractivity contribution is 5.68. The van der Waals surface area contributed by atoms with Gasteiger partial charge in [-0.1, -0.05) is 6.42 Å². The molecule has 144 valence electrons. The first kappa shape index (κ1) is 19.8. The maximum atomic E-state index is 12.2. The van der Waals surface area contributed by atoms with Gasteiger partial charge in [-0.05, 0) is 37.8 Å². The number of nitrogens with zero attached hydrogens (tertiary/aromatic N) is 3. The zero-order chi connectivity index (χ0) is 19.3. The van der Waals surface area contributed by atoms with E-state index in [2.05, 4.69) is 4.98 Å². The largest absolute Gasteiger partial charge is 0.495 e. The third-order valence-corrected chi connectivity index (χ3v) is 4.67. The second-order valence-corrected chi connectivity index (χ2v) is 6.69. The second-order valence-electron chi connectivity index (χ2n) is 6.69. The Hall–Kier alpha value is -2.48. The number of carbonyl (C=O) groups is 1. The van der Waals surface area contributed by atoms with E-state index in [0.29, 0.717) is 41.0 Å².